The molecule has 0 atom stereocenters. The number of aromatic nitrogens is 3. The number of rotatable bonds is 6. The molecule has 0 aliphatic carbocycles. The average molecular weight is 409 g/mol. The van der Waals surface area contributed by atoms with E-state index in [0.29, 0.717) is 22.2 Å². The number of esters is 1. The number of benzene rings is 2. The van der Waals surface area contributed by atoms with Crippen LogP contribution in [0.5, 0.6) is 0 Å². The predicted octanol–water partition coefficient (Wildman–Crippen LogP) is 4.59. The zero-order chi connectivity index (χ0) is 20.2. The number of ether oxygens (including phenoxy) is 1. The molecule has 0 amide bonds. The summed E-state index contributed by atoms with van der Waals surface area (Å²) in [5, 5.41) is 10.3. The van der Waals surface area contributed by atoms with Gasteiger partial charge in [0, 0.05) is 16.5 Å². The first kappa shape index (κ1) is 18.9. The van der Waals surface area contributed by atoms with Crippen molar-refractivity contribution < 1.29 is 18.3 Å². The monoisotopic (exact) mass is 409 g/mol. The highest BCUT2D eigenvalue weighted by Crippen LogP contribution is 2.24. The molecule has 8 heteroatoms. The van der Waals surface area contributed by atoms with Gasteiger partial charge < -0.3 is 9.15 Å². The van der Waals surface area contributed by atoms with Crippen LogP contribution in [0.1, 0.15) is 17.1 Å². The molecular weight excluding hydrogens is 393 g/mol. The molecule has 0 unspecified atom stereocenters. The molecule has 146 valence electrons. The minimum atomic E-state index is -0.462. The lowest BCUT2D eigenvalue weighted by atomic mass is 10.1. The third-order valence-electron chi connectivity index (χ3n) is 4.04. The van der Waals surface area contributed by atoms with Gasteiger partial charge >= 0.3 is 5.97 Å². The molecule has 29 heavy (non-hydrogen) atoms. The third kappa shape index (κ3) is 4.72. The molecule has 0 aliphatic heterocycles. The summed E-state index contributed by atoms with van der Waals surface area (Å²) in [5.74, 6) is -0.202. The number of carbonyl (C=O) groups is 1. The molecule has 0 aliphatic rings. The molecule has 0 N–H and O–H groups in total. The van der Waals surface area contributed by atoms with Crippen molar-refractivity contribution in [2.24, 2.45) is 0 Å². The van der Waals surface area contributed by atoms with Crippen molar-refractivity contribution in [3.8, 4) is 22.0 Å². The summed E-state index contributed by atoms with van der Waals surface area (Å²) in [6, 6.07) is 13.8. The molecule has 2 aromatic heterocycles. The predicted molar refractivity (Wildman–Crippen MR) is 105 cm³/mol. The van der Waals surface area contributed by atoms with Gasteiger partial charge in [0.25, 0.3) is 5.89 Å². The standard InChI is InChI=1S/C21H16FN3O3S/c1-13-4-2-5-14(8-13)20-25-24-18(28-20)11-27-19(26)10-17-12-29-21(23-17)15-6-3-7-16(22)9-15/h2-9,12H,10-11H2,1H3. The second-order valence-electron chi connectivity index (χ2n) is 6.36. The van der Waals surface area contributed by atoms with Gasteiger partial charge in [-0.25, -0.2) is 9.37 Å². The van der Waals surface area contributed by atoms with Gasteiger partial charge in [-0.05, 0) is 31.2 Å². The van der Waals surface area contributed by atoms with Crippen LogP contribution in [0, 0.1) is 12.7 Å². The van der Waals surface area contributed by atoms with Gasteiger partial charge in [0.15, 0.2) is 6.61 Å². The summed E-state index contributed by atoms with van der Waals surface area (Å²) >= 11 is 1.34. The lowest BCUT2D eigenvalue weighted by Gasteiger charge is -2.00. The normalized spacial score (nSPS) is 10.8. The molecule has 6 nitrogen and oxygen atoms in total. The molecule has 0 fully saturated rings. The summed E-state index contributed by atoms with van der Waals surface area (Å²) in [4.78, 5) is 16.5. The molecule has 2 aromatic carbocycles. The van der Waals surface area contributed by atoms with Gasteiger partial charge in [-0.15, -0.1) is 21.5 Å². The van der Waals surface area contributed by atoms with E-state index in [1.54, 1.807) is 17.5 Å². The Labute approximate surface area is 170 Å². The molecule has 0 saturated carbocycles. The number of hydrogen-bond donors (Lipinski definition) is 0. The minimum Gasteiger partial charge on any atom is -0.455 e. The molecule has 0 saturated heterocycles. The smallest absolute Gasteiger partial charge is 0.312 e. The fraction of sp³-hybridized carbons (Fsp3) is 0.143. The van der Waals surface area contributed by atoms with E-state index in [0.717, 1.165) is 11.1 Å². The zero-order valence-corrected chi connectivity index (χ0v) is 16.3. The highest BCUT2D eigenvalue weighted by atomic mass is 32.1. The summed E-state index contributed by atoms with van der Waals surface area (Å²) in [6.07, 6.45) is 0.00465. The van der Waals surface area contributed by atoms with E-state index in [1.807, 2.05) is 31.2 Å². The number of halogens is 1. The van der Waals surface area contributed by atoms with Crippen LogP contribution in [0.25, 0.3) is 22.0 Å². The lowest BCUT2D eigenvalue weighted by molar-refractivity contribution is -0.144. The van der Waals surface area contributed by atoms with E-state index < -0.39 is 5.97 Å². The van der Waals surface area contributed by atoms with E-state index in [4.69, 9.17) is 9.15 Å². The zero-order valence-electron chi connectivity index (χ0n) is 15.5. The Bertz CT molecular complexity index is 1160. The Morgan fingerprint density at radius 2 is 1.97 bits per heavy atom. The molecule has 2 heterocycles. The third-order valence-corrected chi connectivity index (χ3v) is 4.98. The Morgan fingerprint density at radius 3 is 2.79 bits per heavy atom. The van der Waals surface area contributed by atoms with Crippen molar-refractivity contribution in [2.45, 2.75) is 20.0 Å². The van der Waals surface area contributed by atoms with E-state index >= 15 is 0 Å². The largest absolute Gasteiger partial charge is 0.455 e. The Kier molecular flexibility index (Phi) is 5.44. The Morgan fingerprint density at radius 1 is 1.14 bits per heavy atom. The summed E-state index contributed by atoms with van der Waals surface area (Å²) in [6.45, 7) is 1.86. The topological polar surface area (TPSA) is 78.1 Å². The summed E-state index contributed by atoms with van der Waals surface area (Å²) < 4.78 is 24.1. The maximum atomic E-state index is 13.3. The van der Waals surface area contributed by atoms with Crippen molar-refractivity contribution in [3.63, 3.8) is 0 Å². The van der Waals surface area contributed by atoms with E-state index in [2.05, 4.69) is 15.2 Å². The fourth-order valence-electron chi connectivity index (χ4n) is 2.69. The van der Waals surface area contributed by atoms with Crippen LogP contribution in [0.3, 0.4) is 0 Å². The number of carbonyl (C=O) groups excluding carboxylic acids is 1. The van der Waals surface area contributed by atoms with Gasteiger partial charge in [0.05, 0.1) is 12.1 Å². The maximum Gasteiger partial charge on any atom is 0.312 e. The van der Waals surface area contributed by atoms with E-state index in [9.17, 15) is 9.18 Å². The first-order valence-corrected chi connectivity index (χ1v) is 9.70. The van der Waals surface area contributed by atoms with Crippen molar-refractivity contribution in [1.82, 2.24) is 15.2 Å². The van der Waals surface area contributed by atoms with Gasteiger partial charge in [0.1, 0.15) is 10.8 Å². The molecule has 0 bridgehead atoms. The van der Waals surface area contributed by atoms with Crippen LogP contribution >= 0.6 is 11.3 Å². The van der Waals surface area contributed by atoms with Crippen LogP contribution in [-0.4, -0.2) is 21.2 Å². The quantitative estimate of drug-likeness (QED) is 0.433. The highest BCUT2D eigenvalue weighted by molar-refractivity contribution is 7.13. The number of aryl methyl sites for hydroxylation is 1. The van der Waals surface area contributed by atoms with Gasteiger partial charge in [-0.3, -0.25) is 4.79 Å². The van der Waals surface area contributed by atoms with Crippen molar-refractivity contribution in [1.29, 1.82) is 0 Å². The summed E-state index contributed by atoms with van der Waals surface area (Å²) in [5.41, 5.74) is 3.12. The second kappa shape index (κ2) is 8.32. The first-order valence-electron chi connectivity index (χ1n) is 8.82. The van der Waals surface area contributed by atoms with Crippen LogP contribution in [0.4, 0.5) is 4.39 Å². The first-order chi connectivity index (χ1) is 14.1. The average Bonchev–Trinajstić information content (AvgIpc) is 3.36. The van der Waals surface area contributed by atoms with Crippen LogP contribution < -0.4 is 0 Å². The Balaban J connectivity index is 1.34. The van der Waals surface area contributed by atoms with Gasteiger partial charge in [-0.2, -0.15) is 0 Å². The SMILES string of the molecule is Cc1cccc(-c2nnc(COC(=O)Cc3csc(-c4cccc(F)c4)n3)o2)c1. The van der Waals surface area contributed by atoms with Gasteiger partial charge in [0.2, 0.25) is 5.89 Å². The Hall–Kier alpha value is -3.39. The molecular formula is C21H16FN3O3S. The van der Waals surface area contributed by atoms with Crippen LogP contribution in [0.15, 0.2) is 58.3 Å². The van der Waals surface area contributed by atoms with E-state index in [-0.39, 0.29) is 24.7 Å². The fourth-order valence-corrected chi connectivity index (χ4v) is 3.51. The van der Waals surface area contributed by atoms with Gasteiger partial charge in [-0.1, -0.05) is 29.8 Å². The molecule has 0 spiro atoms. The second-order valence-corrected chi connectivity index (χ2v) is 7.22. The molecule has 4 aromatic rings. The van der Waals surface area contributed by atoms with E-state index in [1.165, 1.54) is 23.5 Å². The molecule has 4 rings (SSSR count). The van der Waals surface area contributed by atoms with Crippen molar-refractivity contribution >= 4 is 17.3 Å². The molecule has 0 radical (unpaired) electrons. The van der Waals surface area contributed by atoms with Crippen LogP contribution in [0.2, 0.25) is 0 Å². The lowest BCUT2D eigenvalue weighted by Crippen LogP contribution is -2.08. The van der Waals surface area contributed by atoms with Crippen molar-refractivity contribution in [3.05, 3.63) is 76.9 Å². The number of hydrogen-bond acceptors (Lipinski definition) is 7. The van der Waals surface area contributed by atoms with Crippen LogP contribution in [-0.2, 0) is 22.6 Å². The number of nitrogens with zero attached hydrogens (tertiary/aromatic N) is 3. The number of thiazole rings is 1. The highest BCUT2D eigenvalue weighted by Gasteiger charge is 2.14. The minimum absolute atomic E-state index is 0.00465. The van der Waals surface area contributed by atoms with Crippen molar-refractivity contribution in [2.75, 3.05) is 0 Å². The maximum absolute atomic E-state index is 13.3. The summed E-state index contributed by atoms with van der Waals surface area (Å²) in [7, 11) is 0.